The van der Waals surface area contributed by atoms with Crippen molar-refractivity contribution >= 4 is 23.4 Å². The smallest absolute Gasteiger partial charge is 0.191 e. The van der Waals surface area contributed by atoms with Gasteiger partial charge in [0.05, 0.1) is 0 Å². The number of thioether (sulfide) groups is 1. The summed E-state index contributed by atoms with van der Waals surface area (Å²) >= 11 is 1.51. The van der Waals surface area contributed by atoms with Crippen molar-refractivity contribution in [1.29, 1.82) is 0 Å². The number of nitrogens with one attached hydrogen (secondary N) is 1. The highest BCUT2D eigenvalue weighted by molar-refractivity contribution is 7.98. The second-order valence-electron chi connectivity index (χ2n) is 4.46. The van der Waals surface area contributed by atoms with Crippen molar-refractivity contribution in [2.45, 2.75) is 11.6 Å². The Labute approximate surface area is 106 Å². The lowest BCUT2D eigenvalue weighted by Gasteiger charge is -2.12. The highest BCUT2D eigenvalue weighted by Gasteiger charge is 2.19. The largest absolute Gasteiger partial charge is 0.383 e. The van der Waals surface area contributed by atoms with Crippen LogP contribution in [0.1, 0.15) is 6.42 Å². The molecule has 0 bridgehead atoms. The first-order chi connectivity index (χ1) is 8.17. The van der Waals surface area contributed by atoms with Crippen LogP contribution >= 0.6 is 11.8 Å². The van der Waals surface area contributed by atoms with Gasteiger partial charge in [-0.05, 0) is 32.2 Å². The van der Waals surface area contributed by atoms with Crippen molar-refractivity contribution in [1.82, 2.24) is 14.9 Å². The fraction of sp³-hybridized carbons (Fsp3) is 0.636. The molecule has 0 aromatic carbocycles. The second kappa shape index (κ2) is 5.55. The zero-order valence-corrected chi connectivity index (χ0v) is 11.1. The fourth-order valence-corrected chi connectivity index (χ4v) is 2.45. The number of hydrogen-bond donors (Lipinski definition) is 2. The van der Waals surface area contributed by atoms with Crippen LogP contribution in [0.3, 0.4) is 0 Å². The van der Waals surface area contributed by atoms with Gasteiger partial charge in [0.1, 0.15) is 11.6 Å². The summed E-state index contributed by atoms with van der Waals surface area (Å²) in [5.41, 5.74) is 5.73. The van der Waals surface area contributed by atoms with E-state index in [-0.39, 0.29) is 0 Å². The number of anilines is 2. The molecule has 6 heteroatoms. The van der Waals surface area contributed by atoms with E-state index >= 15 is 0 Å². The predicted molar refractivity (Wildman–Crippen MR) is 72.3 cm³/mol. The third kappa shape index (κ3) is 3.47. The average molecular weight is 253 g/mol. The lowest BCUT2D eigenvalue weighted by Crippen LogP contribution is -2.19. The van der Waals surface area contributed by atoms with Crippen LogP contribution in [0.15, 0.2) is 11.2 Å². The molecule has 0 radical (unpaired) electrons. The maximum atomic E-state index is 5.73. The molecule has 94 valence electrons. The molecule has 3 N–H and O–H groups in total. The number of nitrogens with two attached hydrogens (primary N) is 1. The first-order valence-corrected chi connectivity index (χ1v) is 7.01. The molecule has 5 nitrogen and oxygen atoms in total. The minimum absolute atomic E-state index is 0.524. The average Bonchev–Trinajstić information content (AvgIpc) is 2.72. The first-order valence-electron chi connectivity index (χ1n) is 5.78. The number of hydrogen-bond acceptors (Lipinski definition) is 6. The quantitative estimate of drug-likeness (QED) is 0.620. The van der Waals surface area contributed by atoms with Crippen LogP contribution in [0.25, 0.3) is 0 Å². The normalized spacial score (nSPS) is 20.7. The first kappa shape index (κ1) is 12.4. The summed E-state index contributed by atoms with van der Waals surface area (Å²) in [5, 5.41) is 4.07. The summed E-state index contributed by atoms with van der Waals surface area (Å²) in [5.74, 6) is 2.06. The van der Waals surface area contributed by atoms with E-state index in [1.807, 2.05) is 6.26 Å². The molecular weight excluding hydrogens is 234 g/mol. The predicted octanol–water partition coefficient (Wildman–Crippen LogP) is 1.14. The van der Waals surface area contributed by atoms with Gasteiger partial charge in [-0.1, -0.05) is 11.8 Å². The highest BCUT2D eigenvalue weighted by atomic mass is 32.2. The molecule has 1 aliphatic rings. The Hall–Kier alpha value is -1.01. The van der Waals surface area contributed by atoms with Crippen LogP contribution in [0.4, 0.5) is 11.6 Å². The molecule has 1 aromatic heterocycles. The van der Waals surface area contributed by atoms with Gasteiger partial charge in [0.25, 0.3) is 0 Å². The van der Waals surface area contributed by atoms with Crippen LogP contribution in [-0.4, -0.2) is 47.8 Å². The molecule has 1 saturated heterocycles. The van der Waals surface area contributed by atoms with Gasteiger partial charge < -0.3 is 16.0 Å². The monoisotopic (exact) mass is 253 g/mol. The van der Waals surface area contributed by atoms with Crippen LogP contribution in [0.2, 0.25) is 0 Å². The highest BCUT2D eigenvalue weighted by Crippen LogP contribution is 2.18. The van der Waals surface area contributed by atoms with E-state index in [2.05, 4.69) is 27.2 Å². The minimum Gasteiger partial charge on any atom is -0.383 e. The molecule has 0 aliphatic carbocycles. The summed E-state index contributed by atoms with van der Waals surface area (Å²) in [6.07, 6.45) is 3.20. The van der Waals surface area contributed by atoms with Crippen molar-refractivity contribution in [3.05, 3.63) is 6.07 Å². The zero-order chi connectivity index (χ0) is 12.3. The Morgan fingerprint density at radius 2 is 2.41 bits per heavy atom. The summed E-state index contributed by atoms with van der Waals surface area (Å²) in [6.45, 7) is 3.30. The van der Waals surface area contributed by atoms with Gasteiger partial charge >= 0.3 is 0 Å². The van der Waals surface area contributed by atoms with Gasteiger partial charge in [0.15, 0.2) is 5.16 Å². The molecule has 0 amide bonds. The summed E-state index contributed by atoms with van der Waals surface area (Å²) in [6, 6.07) is 1.79. The Kier molecular flexibility index (Phi) is 4.06. The Morgan fingerprint density at radius 1 is 1.59 bits per heavy atom. The Morgan fingerprint density at radius 3 is 3.06 bits per heavy atom. The summed E-state index contributed by atoms with van der Waals surface area (Å²) in [4.78, 5) is 10.9. The van der Waals surface area contributed by atoms with E-state index in [4.69, 9.17) is 5.73 Å². The SMILES string of the molecule is CSc1nc(N)cc(NCC2CCN(C)C2)n1. The number of nitrogens with zero attached hydrogens (tertiary/aromatic N) is 3. The van der Waals surface area contributed by atoms with Crippen molar-refractivity contribution in [2.24, 2.45) is 5.92 Å². The minimum atomic E-state index is 0.524. The number of rotatable bonds is 4. The third-order valence-corrected chi connectivity index (χ3v) is 3.52. The summed E-state index contributed by atoms with van der Waals surface area (Å²) < 4.78 is 0. The molecule has 1 atom stereocenters. The molecule has 0 saturated carbocycles. The molecule has 2 heterocycles. The van der Waals surface area contributed by atoms with E-state index in [1.54, 1.807) is 6.07 Å². The summed E-state index contributed by atoms with van der Waals surface area (Å²) in [7, 11) is 2.16. The van der Waals surface area contributed by atoms with Crippen LogP contribution in [0.5, 0.6) is 0 Å². The van der Waals surface area contributed by atoms with Gasteiger partial charge in [-0.3, -0.25) is 0 Å². The maximum absolute atomic E-state index is 5.73. The topological polar surface area (TPSA) is 67.1 Å². The molecule has 0 spiro atoms. The van der Waals surface area contributed by atoms with Gasteiger partial charge in [0.2, 0.25) is 0 Å². The van der Waals surface area contributed by atoms with Crippen molar-refractivity contribution in [3.63, 3.8) is 0 Å². The van der Waals surface area contributed by atoms with Gasteiger partial charge in [-0.2, -0.15) is 0 Å². The van der Waals surface area contributed by atoms with E-state index in [1.165, 1.54) is 24.7 Å². The molecule has 1 unspecified atom stereocenters. The van der Waals surface area contributed by atoms with Crippen LogP contribution < -0.4 is 11.1 Å². The third-order valence-electron chi connectivity index (χ3n) is 2.97. The van der Waals surface area contributed by atoms with E-state index in [0.717, 1.165) is 24.1 Å². The lowest BCUT2D eigenvalue weighted by atomic mass is 10.1. The molecule has 1 aliphatic heterocycles. The van der Waals surface area contributed by atoms with Gasteiger partial charge in [-0.25, -0.2) is 9.97 Å². The maximum Gasteiger partial charge on any atom is 0.191 e. The van der Waals surface area contributed by atoms with E-state index < -0.39 is 0 Å². The van der Waals surface area contributed by atoms with E-state index in [0.29, 0.717) is 11.7 Å². The van der Waals surface area contributed by atoms with Crippen LogP contribution in [-0.2, 0) is 0 Å². The second-order valence-corrected chi connectivity index (χ2v) is 5.24. The molecule has 1 fully saturated rings. The van der Waals surface area contributed by atoms with Crippen molar-refractivity contribution in [2.75, 3.05) is 44.0 Å². The molecule has 17 heavy (non-hydrogen) atoms. The molecular formula is C11H19N5S. The Bertz CT molecular complexity index is 384. The Balaban J connectivity index is 1.92. The van der Waals surface area contributed by atoms with Gasteiger partial charge in [-0.15, -0.1) is 0 Å². The standard InChI is InChI=1S/C11H19N5S/c1-16-4-3-8(7-16)6-13-10-5-9(12)14-11(15-10)17-2/h5,8H,3-4,6-7H2,1-2H3,(H3,12,13,14,15). The fourth-order valence-electron chi connectivity index (χ4n) is 2.07. The number of aromatic nitrogens is 2. The van der Waals surface area contributed by atoms with E-state index in [9.17, 15) is 0 Å². The van der Waals surface area contributed by atoms with Crippen molar-refractivity contribution < 1.29 is 0 Å². The molecule has 1 aromatic rings. The van der Waals surface area contributed by atoms with Gasteiger partial charge in [0, 0.05) is 19.2 Å². The lowest BCUT2D eigenvalue weighted by molar-refractivity contribution is 0.399. The number of likely N-dealkylation sites (tertiary alicyclic amines) is 1. The molecule has 2 rings (SSSR count). The number of nitrogen functional groups attached to an aromatic ring is 1. The zero-order valence-electron chi connectivity index (χ0n) is 10.3. The van der Waals surface area contributed by atoms with Crippen molar-refractivity contribution in [3.8, 4) is 0 Å². The van der Waals surface area contributed by atoms with Crippen LogP contribution in [0, 0.1) is 5.92 Å².